The minimum absolute atomic E-state index is 0.00171. The predicted molar refractivity (Wildman–Crippen MR) is 116 cm³/mol. The molecule has 0 spiro atoms. The molecule has 0 aliphatic rings. The Labute approximate surface area is 167 Å². The Morgan fingerprint density at radius 3 is 1.89 bits per heavy atom. The van der Waals surface area contributed by atoms with Gasteiger partial charge in [-0.25, -0.2) is 0 Å². The van der Waals surface area contributed by atoms with E-state index in [1.807, 2.05) is 30.3 Å². The summed E-state index contributed by atoms with van der Waals surface area (Å²) in [6, 6.07) is 16.7. The van der Waals surface area contributed by atoms with Gasteiger partial charge in [-0.1, -0.05) is 53.9 Å². The Kier molecular flexibility index (Phi) is 8.73. The minimum atomic E-state index is -0.857. The third-order valence-electron chi connectivity index (χ3n) is 3.38. The number of amidine groups is 2. The lowest BCUT2D eigenvalue weighted by Gasteiger charge is -2.09. The summed E-state index contributed by atoms with van der Waals surface area (Å²) < 4.78 is 0. The molecule has 2 aromatic rings. The zero-order valence-corrected chi connectivity index (χ0v) is 16.3. The molecule has 0 bridgehead atoms. The molecule has 0 aliphatic heterocycles. The molecule has 0 fully saturated rings. The first-order valence-corrected chi connectivity index (χ1v) is 10.3. The van der Waals surface area contributed by atoms with E-state index in [9.17, 15) is 4.79 Å². The number of hydrogen-bond acceptors (Lipinski definition) is 5. The number of anilines is 2. The molecule has 0 saturated heterocycles. The van der Waals surface area contributed by atoms with E-state index >= 15 is 0 Å². The number of carboxylic acid groups (broad SMARTS) is 1. The van der Waals surface area contributed by atoms with Crippen molar-refractivity contribution >= 4 is 51.2 Å². The summed E-state index contributed by atoms with van der Waals surface area (Å²) >= 11 is 2.87. The van der Waals surface area contributed by atoms with Crippen molar-refractivity contribution < 1.29 is 9.90 Å². The van der Waals surface area contributed by atoms with Crippen molar-refractivity contribution in [2.45, 2.75) is 12.8 Å². The van der Waals surface area contributed by atoms with Gasteiger partial charge in [0.05, 0.1) is 6.42 Å². The molecule has 0 saturated carbocycles. The van der Waals surface area contributed by atoms with Crippen LogP contribution in [0.15, 0.2) is 54.6 Å². The van der Waals surface area contributed by atoms with Crippen LogP contribution >= 0.6 is 23.5 Å². The van der Waals surface area contributed by atoms with Crippen molar-refractivity contribution in [3.8, 4) is 0 Å². The lowest BCUT2D eigenvalue weighted by molar-refractivity contribution is -0.136. The van der Waals surface area contributed by atoms with Crippen molar-refractivity contribution in [1.29, 1.82) is 10.8 Å². The summed E-state index contributed by atoms with van der Waals surface area (Å²) in [5, 5.41) is 31.4. The maximum absolute atomic E-state index is 10.7. The van der Waals surface area contributed by atoms with Gasteiger partial charge < -0.3 is 15.7 Å². The number of para-hydroxylation sites is 1. The lowest BCUT2D eigenvalue weighted by atomic mass is 10.1. The van der Waals surface area contributed by atoms with Crippen LogP contribution in [0.2, 0.25) is 0 Å². The molecule has 8 heteroatoms. The Morgan fingerprint density at radius 2 is 1.37 bits per heavy atom. The van der Waals surface area contributed by atoms with E-state index in [0.717, 1.165) is 34.9 Å². The molecule has 0 aromatic heterocycles. The van der Waals surface area contributed by atoms with Crippen LogP contribution in [0.3, 0.4) is 0 Å². The van der Waals surface area contributed by atoms with Crippen molar-refractivity contribution in [2.75, 3.05) is 22.1 Å². The van der Waals surface area contributed by atoms with Gasteiger partial charge in [0.25, 0.3) is 0 Å². The van der Waals surface area contributed by atoms with Gasteiger partial charge in [0.15, 0.2) is 10.3 Å². The average molecular weight is 403 g/mol. The Morgan fingerprint density at radius 1 is 0.852 bits per heavy atom. The summed E-state index contributed by atoms with van der Waals surface area (Å²) in [6.07, 6.45) is 0.883. The average Bonchev–Trinajstić information content (AvgIpc) is 2.63. The first kappa shape index (κ1) is 20.9. The third kappa shape index (κ3) is 8.65. The van der Waals surface area contributed by atoms with Crippen LogP contribution in [0.4, 0.5) is 11.4 Å². The van der Waals surface area contributed by atoms with Gasteiger partial charge in [-0.2, -0.15) is 0 Å². The summed E-state index contributed by atoms with van der Waals surface area (Å²) in [7, 11) is 0. The number of carbonyl (C=O) groups is 1. The molecule has 0 radical (unpaired) electrons. The normalized spacial score (nSPS) is 10.2. The van der Waals surface area contributed by atoms with E-state index in [-0.39, 0.29) is 6.42 Å². The van der Waals surface area contributed by atoms with Gasteiger partial charge in [0.1, 0.15) is 0 Å². The van der Waals surface area contributed by atoms with Crippen molar-refractivity contribution in [1.82, 2.24) is 0 Å². The summed E-state index contributed by atoms with van der Waals surface area (Å²) in [6.45, 7) is 0. The Hall–Kier alpha value is -2.45. The molecular formula is C19H22N4O2S2. The first-order valence-electron chi connectivity index (χ1n) is 8.35. The molecular weight excluding hydrogens is 380 g/mol. The number of rotatable bonds is 8. The standard InChI is InChI=1S/C19H22N4O2S2/c20-18(22-15-5-2-1-3-6-15)26-11-4-12-27-19(21)23-16-9-7-14(8-10-16)13-17(24)25/h1-3,5-10H,4,11-13H2,(H2,20,22)(H2,21,23)(H,24,25). The van der Waals surface area contributed by atoms with Crippen molar-refractivity contribution in [3.05, 3.63) is 60.2 Å². The topological polar surface area (TPSA) is 109 Å². The van der Waals surface area contributed by atoms with Crippen LogP contribution < -0.4 is 10.6 Å². The molecule has 0 amide bonds. The van der Waals surface area contributed by atoms with E-state index in [2.05, 4.69) is 10.6 Å². The van der Waals surface area contributed by atoms with Crippen LogP contribution in [-0.2, 0) is 11.2 Å². The number of nitrogens with one attached hydrogen (secondary N) is 4. The highest BCUT2D eigenvalue weighted by molar-refractivity contribution is 8.14. The van der Waals surface area contributed by atoms with Crippen LogP contribution in [0.25, 0.3) is 0 Å². The lowest BCUT2D eigenvalue weighted by Crippen LogP contribution is -2.08. The molecule has 27 heavy (non-hydrogen) atoms. The number of benzene rings is 2. The summed E-state index contributed by atoms with van der Waals surface area (Å²) in [4.78, 5) is 10.7. The zero-order valence-electron chi connectivity index (χ0n) is 14.7. The molecule has 6 nitrogen and oxygen atoms in total. The summed E-state index contributed by atoms with van der Waals surface area (Å²) in [5.74, 6) is 0.737. The van der Waals surface area contributed by atoms with Crippen molar-refractivity contribution in [3.63, 3.8) is 0 Å². The Balaban J connectivity index is 1.59. The molecule has 2 aromatic carbocycles. The SMILES string of the molecule is N=C(Nc1ccccc1)SCCCSC(=N)Nc1ccc(CC(=O)O)cc1. The fourth-order valence-electron chi connectivity index (χ4n) is 2.14. The minimum Gasteiger partial charge on any atom is -0.481 e. The largest absolute Gasteiger partial charge is 0.481 e. The van der Waals surface area contributed by atoms with E-state index in [4.69, 9.17) is 15.9 Å². The van der Waals surface area contributed by atoms with Crippen LogP contribution in [0.1, 0.15) is 12.0 Å². The van der Waals surface area contributed by atoms with Gasteiger partial charge >= 0.3 is 5.97 Å². The first-order chi connectivity index (χ1) is 13.0. The maximum Gasteiger partial charge on any atom is 0.307 e. The fraction of sp³-hybridized carbons (Fsp3) is 0.211. The molecule has 5 N–H and O–H groups in total. The van der Waals surface area contributed by atoms with Crippen LogP contribution in [0.5, 0.6) is 0 Å². The second-order valence-electron chi connectivity index (χ2n) is 5.59. The van der Waals surface area contributed by atoms with Gasteiger partial charge in [0.2, 0.25) is 0 Å². The summed E-state index contributed by atoms with van der Waals surface area (Å²) in [5.41, 5.74) is 2.41. The monoisotopic (exact) mass is 402 g/mol. The van der Waals surface area contributed by atoms with Gasteiger partial charge in [-0.3, -0.25) is 15.6 Å². The van der Waals surface area contributed by atoms with E-state index in [1.165, 1.54) is 23.5 Å². The molecule has 0 atom stereocenters. The number of thioether (sulfide) groups is 2. The quantitative estimate of drug-likeness (QED) is 0.251. The van der Waals surface area contributed by atoms with E-state index < -0.39 is 5.97 Å². The van der Waals surface area contributed by atoms with Gasteiger partial charge in [0, 0.05) is 22.9 Å². The van der Waals surface area contributed by atoms with Gasteiger partial charge in [-0.15, -0.1) is 0 Å². The molecule has 0 heterocycles. The highest BCUT2D eigenvalue weighted by Crippen LogP contribution is 2.15. The van der Waals surface area contributed by atoms with Crippen molar-refractivity contribution in [2.24, 2.45) is 0 Å². The third-order valence-corrected chi connectivity index (χ3v) is 5.15. The van der Waals surface area contributed by atoms with Gasteiger partial charge in [-0.05, 0) is 36.2 Å². The smallest absolute Gasteiger partial charge is 0.307 e. The fourth-order valence-corrected chi connectivity index (χ4v) is 3.69. The highest BCUT2D eigenvalue weighted by Gasteiger charge is 2.03. The predicted octanol–water partition coefficient (Wildman–Crippen LogP) is 4.56. The molecule has 0 aliphatic carbocycles. The molecule has 2 rings (SSSR count). The second kappa shape index (κ2) is 11.3. The second-order valence-corrected chi connectivity index (χ2v) is 7.80. The number of aliphatic carboxylic acids is 1. The van der Waals surface area contributed by atoms with Crippen LogP contribution in [0, 0.1) is 10.8 Å². The zero-order chi connectivity index (χ0) is 19.5. The number of carboxylic acids is 1. The molecule has 0 unspecified atom stereocenters. The maximum atomic E-state index is 10.7. The van der Waals surface area contributed by atoms with Crippen LogP contribution in [-0.4, -0.2) is 32.9 Å². The number of hydrogen-bond donors (Lipinski definition) is 5. The Bertz CT molecular complexity index is 767. The highest BCUT2D eigenvalue weighted by atomic mass is 32.2. The van der Waals surface area contributed by atoms with E-state index in [1.54, 1.807) is 24.3 Å². The van der Waals surface area contributed by atoms with E-state index in [0.29, 0.717) is 10.3 Å². The molecule has 142 valence electrons.